The molecule has 0 aromatic carbocycles. The number of carbonyl (C=O) groups is 2. The van der Waals surface area contributed by atoms with Crippen molar-refractivity contribution in [2.45, 2.75) is 97.2 Å². The van der Waals surface area contributed by atoms with Crippen molar-refractivity contribution >= 4 is 11.8 Å². The van der Waals surface area contributed by atoms with Gasteiger partial charge in [0, 0.05) is 12.6 Å². The largest absolute Gasteiger partial charge is 0.342 e. The van der Waals surface area contributed by atoms with E-state index in [-0.39, 0.29) is 23.3 Å². The Morgan fingerprint density at radius 3 is 2.25 bits per heavy atom. The summed E-state index contributed by atoms with van der Waals surface area (Å²) in [6.45, 7) is 9.25. The molecule has 0 radical (unpaired) electrons. The number of carbonyl (C=O) groups excluding carboxylic acids is 2. The molecule has 28 heavy (non-hydrogen) atoms. The van der Waals surface area contributed by atoms with Crippen molar-refractivity contribution < 1.29 is 9.59 Å². The molecule has 3 rings (SSSR count). The average molecular weight is 392 g/mol. The number of likely N-dealkylation sites (tertiary alicyclic amines) is 1. The molecule has 1 saturated heterocycles. The number of amides is 2. The van der Waals surface area contributed by atoms with Gasteiger partial charge in [-0.25, -0.2) is 0 Å². The summed E-state index contributed by atoms with van der Waals surface area (Å²) in [6.07, 6.45) is 9.65. The van der Waals surface area contributed by atoms with E-state index in [1.807, 2.05) is 7.05 Å². The maximum Gasteiger partial charge on any atom is 0.245 e. The second-order valence-corrected chi connectivity index (χ2v) is 10.6. The first-order chi connectivity index (χ1) is 13.2. The van der Waals surface area contributed by atoms with E-state index in [9.17, 15) is 9.59 Å². The lowest BCUT2D eigenvalue weighted by Gasteiger charge is -2.37. The van der Waals surface area contributed by atoms with Crippen molar-refractivity contribution in [3.63, 3.8) is 0 Å². The summed E-state index contributed by atoms with van der Waals surface area (Å²) >= 11 is 0. The van der Waals surface area contributed by atoms with Gasteiger partial charge in [0.05, 0.1) is 6.04 Å². The summed E-state index contributed by atoms with van der Waals surface area (Å²) < 4.78 is 0. The highest BCUT2D eigenvalue weighted by atomic mass is 16.2. The third kappa shape index (κ3) is 4.39. The van der Waals surface area contributed by atoms with E-state index in [0.717, 1.165) is 19.4 Å². The van der Waals surface area contributed by atoms with Crippen LogP contribution in [0.2, 0.25) is 0 Å². The van der Waals surface area contributed by atoms with Gasteiger partial charge in [0.25, 0.3) is 0 Å². The standard InChI is InChI=1S/C23H41N3O2/c1-15-18-13-9-12-17(18)14-26(15)22(28)20(23(2,3)4)25-21(27)19(24-5)16-10-7-6-8-11-16/h15-20,24H,6-14H2,1-5H3,(H,25,27)/t15-,17+,18-,19+,20-/m1/s1. The number of hydrogen-bond donors (Lipinski definition) is 2. The number of hydrogen-bond acceptors (Lipinski definition) is 3. The smallest absolute Gasteiger partial charge is 0.245 e. The van der Waals surface area contributed by atoms with Crippen molar-refractivity contribution in [1.82, 2.24) is 15.5 Å². The first-order valence-corrected chi connectivity index (χ1v) is 11.5. The van der Waals surface area contributed by atoms with Gasteiger partial charge >= 0.3 is 0 Å². The van der Waals surface area contributed by atoms with Gasteiger partial charge < -0.3 is 15.5 Å². The predicted molar refractivity (Wildman–Crippen MR) is 113 cm³/mol. The molecular formula is C23H41N3O2. The minimum Gasteiger partial charge on any atom is -0.342 e. The maximum absolute atomic E-state index is 13.5. The Kier molecular flexibility index (Phi) is 6.73. The molecule has 3 aliphatic rings. The fourth-order valence-corrected chi connectivity index (χ4v) is 5.96. The van der Waals surface area contributed by atoms with Crippen LogP contribution in [-0.4, -0.2) is 48.4 Å². The highest BCUT2D eigenvalue weighted by Crippen LogP contribution is 2.42. The lowest BCUT2D eigenvalue weighted by molar-refractivity contribution is -0.141. The van der Waals surface area contributed by atoms with E-state index in [1.54, 1.807) is 0 Å². The second-order valence-electron chi connectivity index (χ2n) is 10.6. The van der Waals surface area contributed by atoms with Crippen LogP contribution in [0.5, 0.6) is 0 Å². The van der Waals surface area contributed by atoms with Crippen LogP contribution in [0.3, 0.4) is 0 Å². The van der Waals surface area contributed by atoms with Gasteiger partial charge in [-0.15, -0.1) is 0 Å². The van der Waals surface area contributed by atoms with Crippen molar-refractivity contribution in [2.75, 3.05) is 13.6 Å². The summed E-state index contributed by atoms with van der Waals surface area (Å²) in [5.74, 6) is 1.78. The molecule has 5 atom stereocenters. The summed E-state index contributed by atoms with van der Waals surface area (Å²) in [7, 11) is 1.87. The molecular weight excluding hydrogens is 350 g/mol. The molecule has 1 aliphatic heterocycles. The molecule has 2 aliphatic carbocycles. The summed E-state index contributed by atoms with van der Waals surface area (Å²) in [4.78, 5) is 28.8. The van der Waals surface area contributed by atoms with Crippen LogP contribution in [0.15, 0.2) is 0 Å². The zero-order valence-electron chi connectivity index (χ0n) is 18.6. The van der Waals surface area contributed by atoms with Crippen molar-refractivity contribution in [3.05, 3.63) is 0 Å². The molecule has 0 unspecified atom stereocenters. The first-order valence-electron chi connectivity index (χ1n) is 11.5. The second kappa shape index (κ2) is 8.73. The number of nitrogens with one attached hydrogen (secondary N) is 2. The monoisotopic (exact) mass is 391 g/mol. The molecule has 2 amide bonds. The minimum absolute atomic E-state index is 0.00489. The Hall–Kier alpha value is -1.10. The Bertz CT molecular complexity index is 565. The van der Waals surface area contributed by atoms with E-state index in [0.29, 0.717) is 23.8 Å². The minimum atomic E-state index is -0.472. The van der Waals surface area contributed by atoms with Gasteiger partial charge in [-0.1, -0.05) is 46.5 Å². The van der Waals surface area contributed by atoms with Crippen LogP contribution < -0.4 is 10.6 Å². The van der Waals surface area contributed by atoms with E-state index in [1.165, 1.54) is 38.5 Å². The Morgan fingerprint density at radius 1 is 1.00 bits per heavy atom. The molecule has 0 bridgehead atoms. The van der Waals surface area contributed by atoms with E-state index < -0.39 is 6.04 Å². The highest BCUT2D eigenvalue weighted by Gasteiger charge is 2.47. The molecule has 160 valence electrons. The van der Waals surface area contributed by atoms with Crippen LogP contribution in [0.4, 0.5) is 0 Å². The van der Waals surface area contributed by atoms with Crippen molar-refractivity contribution in [3.8, 4) is 0 Å². The number of rotatable bonds is 5. The van der Waals surface area contributed by atoms with Gasteiger partial charge in [0.1, 0.15) is 6.04 Å². The third-order valence-corrected chi connectivity index (χ3v) is 7.66. The molecule has 0 spiro atoms. The number of fused-ring (bicyclic) bond motifs is 1. The van der Waals surface area contributed by atoms with Crippen LogP contribution in [0.25, 0.3) is 0 Å². The van der Waals surface area contributed by atoms with E-state index in [2.05, 4.69) is 43.2 Å². The van der Waals surface area contributed by atoms with Crippen LogP contribution >= 0.6 is 0 Å². The molecule has 2 saturated carbocycles. The van der Waals surface area contributed by atoms with E-state index in [4.69, 9.17) is 0 Å². The van der Waals surface area contributed by atoms with Gasteiger partial charge in [0.15, 0.2) is 0 Å². The van der Waals surface area contributed by atoms with Crippen molar-refractivity contribution in [2.24, 2.45) is 23.2 Å². The van der Waals surface area contributed by atoms with Crippen LogP contribution in [-0.2, 0) is 9.59 Å². The molecule has 5 heteroatoms. The molecule has 3 fully saturated rings. The summed E-state index contributed by atoms with van der Waals surface area (Å²) in [5, 5.41) is 6.42. The molecule has 5 nitrogen and oxygen atoms in total. The third-order valence-electron chi connectivity index (χ3n) is 7.66. The SMILES string of the molecule is CN[C@H](C(=O)N[C@H](C(=O)N1C[C@@H]2CCC[C@@H]2[C@H]1C)C(C)(C)C)C1CCCCC1. The highest BCUT2D eigenvalue weighted by molar-refractivity contribution is 5.90. The zero-order valence-corrected chi connectivity index (χ0v) is 18.6. The quantitative estimate of drug-likeness (QED) is 0.756. The predicted octanol–water partition coefficient (Wildman–Crippen LogP) is 3.33. The lowest BCUT2D eigenvalue weighted by Crippen LogP contribution is -2.59. The topological polar surface area (TPSA) is 61.4 Å². The molecule has 0 aromatic heterocycles. The maximum atomic E-state index is 13.5. The van der Waals surface area contributed by atoms with Gasteiger partial charge in [-0.3, -0.25) is 9.59 Å². The van der Waals surface area contributed by atoms with Crippen molar-refractivity contribution in [1.29, 1.82) is 0 Å². The average Bonchev–Trinajstić information content (AvgIpc) is 3.23. The van der Waals surface area contributed by atoms with Crippen LogP contribution in [0, 0.1) is 23.2 Å². The summed E-state index contributed by atoms with van der Waals surface area (Å²) in [6, 6.07) is -0.380. The number of likely N-dealkylation sites (N-methyl/N-ethyl adjacent to an activating group) is 1. The van der Waals surface area contributed by atoms with E-state index >= 15 is 0 Å². The Balaban J connectivity index is 1.71. The van der Waals surface area contributed by atoms with Gasteiger partial charge in [-0.05, 0) is 62.8 Å². The fraction of sp³-hybridized carbons (Fsp3) is 0.913. The van der Waals surface area contributed by atoms with Gasteiger partial charge in [-0.2, -0.15) is 0 Å². The molecule has 0 aromatic rings. The van der Waals surface area contributed by atoms with Crippen LogP contribution in [0.1, 0.15) is 79.1 Å². The zero-order chi connectivity index (χ0) is 20.5. The first kappa shape index (κ1) is 21.6. The normalized spacial score (nSPS) is 30.8. The number of nitrogens with zero attached hydrogens (tertiary/aromatic N) is 1. The Labute approximate surface area is 171 Å². The molecule has 2 N–H and O–H groups in total. The summed E-state index contributed by atoms with van der Waals surface area (Å²) in [5.41, 5.74) is -0.310. The molecule has 1 heterocycles. The fourth-order valence-electron chi connectivity index (χ4n) is 5.96. The lowest BCUT2D eigenvalue weighted by atomic mass is 9.82. The van der Waals surface area contributed by atoms with Gasteiger partial charge in [0.2, 0.25) is 11.8 Å². The Morgan fingerprint density at radius 2 is 1.68 bits per heavy atom.